The smallest absolute Gasteiger partial charge is 0.0480 e. The van der Waals surface area contributed by atoms with E-state index in [9.17, 15) is 0 Å². The van der Waals surface area contributed by atoms with E-state index in [-0.39, 0.29) is 0 Å². The highest BCUT2D eigenvalue weighted by Gasteiger charge is 2.40. The highest BCUT2D eigenvalue weighted by molar-refractivity contribution is 7.26. The Labute approximate surface area is 387 Å². The zero-order chi connectivity index (χ0) is 43.5. The SMILES string of the molecule is C[Si](C)(C)C1Cc2c3sc4cc(N(c5ccccc5)c5ccccc5)ccc4c3c3c4c(c5sc6cc(N(c7ccccc7)c7ccccc7)ccc6c5c(c24)C1)CC([Si](C)(C)C)C3. The molecule has 2 unspecified atom stereocenters. The lowest BCUT2D eigenvalue weighted by atomic mass is 9.77. The van der Waals surface area contributed by atoms with Crippen LogP contribution in [0.4, 0.5) is 34.1 Å². The second-order valence-electron chi connectivity index (χ2n) is 20.6. The maximum Gasteiger partial charge on any atom is 0.0480 e. The van der Waals surface area contributed by atoms with E-state index in [0.29, 0.717) is 11.1 Å². The van der Waals surface area contributed by atoms with E-state index in [1.165, 1.54) is 80.0 Å². The summed E-state index contributed by atoms with van der Waals surface area (Å²) in [6.45, 7) is 15.7. The Hall–Kier alpha value is -5.51. The van der Waals surface area contributed by atoms with E-state index in [1.807, 2.05) is 0 Å². The molecular formula is C58H54N2S2Si2. The minimum absolute atomic E-state index is 0.678. The molecular weight excluding hydrogens is 845 g/mol. The van der Waals surface area contributed by atoms with Gasteiger partial charge in [0.1, 0.15) is 0 Å². The van der Waals surface area contributed by atoms with Gasteiger partial charge in [-0.25, -0.2) is 0 Å². The number of rotatable bonds is 8. The van der Waals surface area contributed by atoms with E-state index in [2.05, 4.69) is 229 Å². The van der Waals surface area contributed by atoms with Gasteiger partial charge in [-0.05, 0) is 143 Å². The van der Waals surface area contributed by atoms with Crippen LogP contribution >= 0.6 is 22.7 Å². The fourth-order valence-electron chi connectivity index (χ4n) is 11.3. The lowest BCUT2D eigenvalue weighted by Crippen LogP contribution is -2.34. The average molecular weight is 899 g/mol. The third kappa shape index (κ3) is 6.43. The van der Waals surface area contributed by atoms with Crippen LogP contribution in [0.15, 0.2) is 158 Å². The van der Waals surface area contributed by atoms with Crippen LogP contribution in [0.2, 0.25) is 50.4 Å². The maximum atomic E-state index is 2.62. The Balaban J connectivity index is 1.15. The van der Waals surface area contributed by atoms with Gasteiger partial charge in [0.15, 0.2) is 0 Å². The van der Waals surface area contributed by atoms with Crippen molar-refractivity contribution in [1.82, 2.24) is 0 Å². The molecule has 0 radical (unpaired) electrons. The Kier molecular flexibility index (Phi) is 9.40. The number of benzene rings is 8. The molecule has 0 saturated heterocycles. The number of hydrogen-bond acceptors (Lipinski definition) is 4. The molecule has 2 atom stereocenters. The Morgan fingerprint density at radius 3 is 0.984 bits per heavy atom. The van der Waals surface area contributed by atoms with Crippen LogP contribution in [0.25, 0.3) is 51.1 Å². The summed E-state index contributed by atoms with van der Waals surface area (Å²) in [6.07, 6.45) is 4.75. The van der Waals surface area contributed by atoms with E-state index in [4.69, 9.17) is 0 Å². The van der Waals surface area contributed by atoms with E-state index in [0.717, 1.165) is 0 Å². The molecule has 0 N–H and O–H groups in total. The van der Waals surface area contributed by atoms with Crippen LogP contribution in [0.5, 0.6) is 0 Å². The second kappa shape index (κ2) is 15.0. The first-order chi connectivity index (χ1) is 31.0. The van der Waals surface area contributed by atoms with Gasteiger partial charge >= 0.3 is 0 Å². The molecule has 0 amide bonds. The third-order valence-electron chi connectivity index (χ3n) is 14.8. The molecule has 8 aromatic carbocycles. The minimum atomic E-state index is -1.56. The van der Waals surface area contributed by atoms with Crippen molar-refractivity contribution in [1.29, 1.82) is 0 Å². The van der Waals surface area contributed by atoms with Crippen molar-refractivity contribution in [3.05, 3.63) is 180 Å². The zero-order valence-corrected chi connectivity index (χ0v) is 41.3. The fourth-order valence-corrected chi connectivity index (χ4v) is 17.2. The molecule has 0 aliphatic heterocycles. The zero-order valence-electron chi connectivity index (χ0n) is 37.7. The van der Waals surface area contributed by atoms with Gasteiger partial charge in [-0.2, -0.15) is 0 Å². The predicted octanol–water partition coefficient (Wildman–Crippen LogP) is 18.1. The van der Waals surface area contributed by atoms with Gasteiger partial charge in [0, 0.05) is 90.6 Å². The van der Waals surface area contributed by atoms with Crippen molar-refractivity contribution in [2.45, 2.75) is 76.0 Å². The van der Waals surface area contributed by atoms with E-state index in [1.54, 1.807) is 53.2 Å². The summed E-state index contributed by atoms with van der Waals surface area (Å²) in [6, 6.07) is 58.3. The number of anilines is 6. The first-order valence-electron chi connectivity index (χ1n) is 23.2. The lowest BCUT2D eigenvalue weighted by Gasteiger charge is -2.39. The van der Waals surface area contributed by atoms with Gasteiger partial charge in [-0.1, -0.05) is 124 Å². The molecule has 2 aliphatic rings. The van der Waals surface area contributed by atoms with Crippen LogP contribution in [0.3, 0.4) is 0 Å². The van der Waals surface area contributed by atoms with Crippen molar-refractivity contribution < 1.29 is 0 Å². The van der Waals surface area contributed by atoms with Crippen molar-refractivity contribution in [2.75, 3.05) is 9.80 Å². The number of hydrogen-bond donors (Lipinski definition) is 0. The summed E-state index contributed by atoms with van der Waals surface area (Å²) >= 11 is 4.16. The molecule has 64 heavy (non-hydrogen) atoms. The number of thiophene rings is 2. The van der Waals surface area contributed by atoms with Gasteiger partial charge in [0.25, 0.3) is 0 Å². The van der Waals surface area contributed by atoms with E-state index >= 15 is 0 Å². The van der Waals surface area contributed by atoms with Crippen LogP contribution < -0.4 is 9.80 Å². The first-order valence-corrected chi connectivity index (χ1v) is 31.9. The highest BCUT2D eigenvalue weighted by atomic mass is 32.1. The van der Waals surface area contributed by atoms with E-state index < -0.39 is 16.1 Å². The Bertz CT molecular complexity index is 3110. The largest absolute Gasteiger partial charge is 0.310 e. The summed E-state index contributed by atoms with van der Waals surface area (Å²) in [4.78, 5) is 4.85. The van der Waals surface area contributed by atoms with Crippen LogP contribution in [0.1, 0.15) is 22.3 Å². The third-order valence-corrected chi connectivity index (χ3v) is 22.9. The van der Waals surface area contributed by atoms with Crippen molar-refractivity contribution >= 4 is 124 Å². The summed E-state index contributed by atoms with van der Waals surface area (Å²) in [5.41, 5.74) is 15.1. The molecule has 0 saturated carbocycles. The number of nitrogens with zero attached hydrogens (tertiary/aromatic N) is 2. The molecule has 2 aliphatic carbocycles. The molecule has 316 valence electrons. The van der Waals surface area contributed by atoms with Crippen molar-refractivity contribution in [2.24, 2.45) is 0 Å². The van der Waals surface area contributed by atoms with Crippen molar-refractivity contribution in [3.8, 4) is 0 Å². The molecule has 0 bridgehead atoms. The summed E-state index contributed by atoms with van der Waals surface area (Å²) in [7, 11) is -3.11. The molecule has 10 aromatic rings. The number of fused-ring (bicyclic) bond motifs is 10. The van der Waals surface area contributed by atoms with Gasteiger partial charge < -0.3 is 9.80 Å². The lowest BCUT2D eigenvalue weighted by molar-refractivity contribution is 0.767. The monoisotopic (exact) mass is 898 g/mol. The van der Waals surface area contributed by atoms with Crippen LogP contribution in [0, 0.1) is 0 Å². The van der Waals surface area contributed by atoms with Crippen LogP contribution in [-0.2, 0) is 25.7 Å². The number of para-hydroxylation sites is 4. The second-order valence-corrected chi connectivity index (χ2v) is 33.8. The molecule has 2 aromatic heterocycles. The molecule has 12 rings (SSSR count). The predicted molar refractivity (Wildman–Crippen MR) is 288 cm³/mol. The summed E-state index contributed by atoms with van der Waals surface area (Å²) in [5, 5.41) is 9.29. The van der Waals surface area contributed by atoms with Gasteiger partial charge in [0.05, 0.1) is 0 Å². The normalized spacial score (nSPS) is 16.3. The average Bonchev–Trinajstić information content (AvgIpc) is 3.89. The molecule has 6 heteroatoms. The molecule has 0 spiro atoms. The molecule has 2 nitrogen and oxygen atoms in total. The Morgan fingerprint density at radius 2 is 0.672 bits per heavy atom. The van der Waals surface area contributed by atoms with Crippen LogP contribution in [-0.4, -0.2) is 16.1 Å². The quantitative estimate of drug-likeness (QED) is 0.140. The van der Waals surface area contributed by atoms with Crippen molar-refractivity contribution in [3.63, 3.8) is 0 Å². The fraction of sp³-hybridized carbons (Fsp3) is 0.207. The Morgan fingerprint density at radius 1 is 0.359 bits per heavy atom. The molecule has 2 heterocycles. The highest BCUT2D eigenvalue weighted by Crippen LogP contribution is 2.57. The maximum absolute atomic E-state index is 2.62. The topological polar surface area (TPSA) is 6.48 Å². The standard InChI is InChI=1S/C58H54N2S2Si2/c1-63(2,3)43-33-47-53-49(35-43)57-56(46-30-28-42(32-52(46)61-57)60(39-23-15-9-16-24-39)40-25-17-10-18-26-40)48-34-44(64(4,5)6)36-50(54(48)53)58-55(47)45-29-27-41(31-51(45)62-58)59(37-19-11-7-12-20-37)38-21-13-8-14-22-38/h7-32,43-44H,33-36H2,1-6H3. The van der Waals surface area contributed by atoms with Gasteiger partial charge in [-0.3, -0.25) is 0 Å². The minimum Gasteiger partial charge on any atom is -0.310 e. The first kappa shape index (κ1) is 40.0. The van der Waals surface area contributed by atoms with Gasteiger partial charge in [0.2, 0.25) is 0 Å². The van der Waals surface area contributed by atoms with Gasteiger partial charge in [-0.15, -0.1) is 22.7 Å². The summed E-state index contributed by atoms with van der Waals surface area (Å²) in [5.74, 6) is 0. The summed E-state index contributed by atoms with van der Waals surface area (Å²) < 4.78 is 5.94. The molecule has 0 fully saturated rings.